The lowest BCUT2D eigenvalue weighted by molar-refractivity contribution is -0.136. The van der Waals surface area contributed by atoms with Gasteiger partial charge in [0.15, 0.2) is 5.78 Å². The predicted octanol–water partition coefficient (Wildman–Crippen LogP) is 0.735. The second-order valence-corrected chi connectivity index (χ2v) is 8.38. The van der Waals surface area contributed by atoms with E-state index in [2.05, 4.69) is 22.0 Å². The minimum Gasteiger partial charge on any atom is -0.345 e. The summed E-state index contributed by atoms with van der Waals surface area (Å²) in [5, 5.41) is 2.85. The standard InChI is InChI=1S/C20H36N4O3/c1-15(2)20(17(4)25)21-18(26)13-22-9-11-23(12-10-22)14-19(27)24-8-6-5-7-16(24)3/h15-16,20H,5-14H2,1-4H3,(H,21,26). The second kappa shape index (κ2) is 10.2. The SMILES string of the molecule is CC(=O)C(NC(=O)CN1CCN(CC(=O)N2CCCCC2C)CC1)C(C)C. The molecule has 2 rings (SSSR count). The average Bonchev–Trinajstić information content (AvgIpc) is 2.61. The molecule has 154 valence electrons. The number of piperazine rings is 1. The molecule has 27 heavy (non-hydrogen) atoms. The Labute approximate surface area is 163 Å². The lowest BCUT2D eigenvalue weighted by Crippen LogP contribution is -2.54. The van der Waals surface area contributed by atoms with Crippen LogP contribution in [-0.4, -0.2) is 90.2 Å². The maximum atomic E-state index is 12.6. The molecule has 2 atom stereocenters. The molecule has 2 aliphatic rings. The number of carbonyl (C=O) groups is 3. The molecule has 2 amide bonds. The highest BCUT2D eigenvalue weighted by Gasteiger charge is 2.27. The van der Waals surface area contributed by atoms with Crippen LogP contribution < -0.4 is 5.32 Å². The number of piperidine rings is 1. The van der Waals surface area contributed by atoms with Gasteiger partial charge in [-0.05, 0) is 39.0 Å². The summed E-state index contributed by atoms with van der Waals surface area (Å²) in [5.41, 5.74) is 0. The molecule has 2 heterocycles. The molecule has 7 nitrogen and oxygen atoms in total. The predicted molar refractivity (Wildman–Crippen MR) is 105 cm³/mol. The Morgan fingerprint density at radius 3 is 2.07 bits per heavy atom. The first-order chi connectivity index (χ1) is 12.8. The molecule has 0 aromatic heterocycles. The molecule has 0 radical (unpaired) electrons. The maximum Gasteiger partial charge on any atom is 0.236 e. The van der Waals surface area contributed by atoms with Gasteiger partial charge in [0.25, 0.3) is 0 Å². The van der Waals surface area contributed by atoms with E-state index >= 15 is 0 Å². The van der Waals surface area contributed by atoms with Crippen LogP contribution in [0, 0.1) is 5.92 Å². The van der Waals surface area contributed by atoms with E-state index in [0.717, 1.165) is 45.6 Å². The van der Waals surface area contributed by atoms with Crippen LogP contribution in [-0.2, 0) is 14.4 Å². The van der Waals surface area contributed by atoms with E-state index in [1.807, 2.05) is 18.7 Å². The lowest BCUT2D eigenvalue weighted by atomic mass is 10.0. The normalized spacial score (nSPS) is 23.3. The Hall–Kier alpha value is -1.47. The van der Waals surface area contributed by atoms with E-state index in [4.69, 9.17) is 0 Å². The number of carbonyl (C=O) groups excluding carboxylic acids is 3. The first-order valence-corrected chi connectivity index (χ1v) is 10.3. The van der Waals surface area contributed by atoms with Gasteiger partial charge in [0, 0.05) is 38.8 Å². The number of nitrogens with one attached hydrogen (secondary N) is 1. The van der Waals surface area contributed by atoms with Crippen molar-refractivity contribution in [2.24, 2.45) is 5.92 Å². The highest BCUT2D eigenvalue weighted by molar-refractivity contribution is 5.88. The van der Waals surface area contributed by atoms with Gasteiger partial charge in [0.1, 0.15) is 0 Å². The summed E-state index contributed by atoms with van der Waals surface area (Å²) in [6.45, 7) is 12.3. The van der Waals surface area contributed by atoms with E-state index in [1.54, 1.807) is 0 Å². The largest absolute Gasteiger partial charge is 0.345 e. The summed E-state index contributed by atoms with van der Waals surface area (Å²) in [6.07, 6.45) is 3.43. The summed E-state index contributed by atoms with van der Waals surface area (Å²) in [7, 11) is 0. The van der Waals surface area contributed by atoms with Crippen LogP contribution in [0.3, 0.4) is 0 Å². The van der Waals surface area contributed by atoms with Crippen LogP contribution in [0.5, 0.6) is 0 Å². The van der Waals surface area contributed by atoms with Crippen LogP contribution in [0.25, 0.3) is 0 Å². The van der Waals surface area contributed by atoms with Crippen LogP contribution in [0.4, 0.5) is 0 Å². The Balaban J connectivity index is 1.72. The van der Waals surface area contributed by atoms with Crippen molar-refractivity contribution in [3.8, 4) is 0 Å². The van der Waals surface area contributed by atoms with Crippen molar-refractivity contribution in [1.82, 2.24) is 20.0 Å². The number of amides is 2. The number of Topliss-reactive ketones (excluding diaryl/α,β-unsaturated/α-hetero) is 1. The van der Waals surface area contributed by atoms with Crippen molar-refractivity contribution in [3.63, 3.8) is 0 Å². The van der Waals surface area contributed by atoms with Crippen molar-refractivity contribution in [1.29, 1.82) is 0 Å². The minimum absolute atomic E-state index is 0.00590. The molecule has 0 aliphatic carbocycles. The maximum absolute atomic E-state index is 12.6. The smallest absolute Gasteiger partial charge is 0.236 e. The summed E-state index contributed by atoms with van der Waals surface area (Å²) in [6, 6.07) is -0.0608. The highest BCUT2D eigenvalue weighted by atomic mass is 16.2. The lowest BCUT2D eigenvalue weighted by Gasteiger charge is -2.38. The van der Waals surface area contributed by atoms with E-state index in [9.17, 15) is 14.4 Å². The monoisotopic (exact) mass is 380 g/mol. The average molecular weight is 381 g/mol. The number of nitrogens with zero attached hydrogens (tertiary/aromatic N) is 3. The fraction of sp³-hybridized carbons (Fsp3) is 0.850. The quantitative estimate of drug-likeness (QED) is 0.705. The summed E-state index contributed by atoms with van der Waals surface area (Å²) >= 11 is 0. The van der Waals surface area contributed by atoms with E-state index in [0.29, 0.717) is 19.1 Å². The van der Waals surface area contributed by atoms with Crippen molar-refractivity contribution in [2.45, 2.75) is 59.0 Å². The molecule has 7 heteroatoms. The van der Waals surface area contributed by atoms with Gasteiger partial charge >= 0.3 is 0 Å². The molecule has 0 aromatic rings. The first-order valence-electron chi connectivity index (χ1n) is 10.3. The molecule has 0 saturated carbocycles. The van der Waals surface area contributed by atoms with Gasteiger partial charge in [0.2, 0.25) is 11.8 Å². The van der Waals surface area contributed by atoms with Gasteiger partial charge in [-0.3, -0.25) is 24.2 Å². The van der Waals surface area contributed by atoms with Crippen LogP contribution >= 0.6 is 0 Å². The summed E-state index contributed by atoms with van der Waals surface area (Å²) < 4.78 is 0. The van der Waals surface area contributed by atoms with Gasteiger partial charge in [-0.2, -0.15) is 0 Å². The molecule has 1 N–H and O–H groups in total. The molecule has 2 aliphatic heterocycles. The minimum atomic E-state index is -0.414. The fourth-order valence-electron chi connectivity index (χ4n) is 4.02. The summed E-state index contributed by atoms with van der Waals surface area (Å²) in [4.78, 5) is 42.8. The fourth-order valence-corrected chi connectivity index (χ4v) is 4.02. The number of ketones is 1. The molecular weight excluding hydrogens is 344 g/mol. The van der Waals surface area contributed by atoms with Crippen LogP contribution in [0.1, 0.15) is 47.0 Å². The first kappa shape index (κ1) is 21.8. The van der Waals surface area contributed by atoms with Gasteiger partial charge in [-0.25, -0.2) is 0 Å². The van der Waals surface area contributed by atoms with Crippen LogP contribution in [0.15, 0.2) is 0 Å². The van der Waals surface area contributed by atoms with E-state index in [-0.39, 0.29) is 23.5 Å². The summed E-state index contributed by atoms with van der Waals surface area (Å²) in [5.74, 6) is 0.213. The Morgan fingerprint density at radius 1 is 0.963 bits per heavy atom. The zero-order valence-electron chi connectivity index (χ0n) is 17.4. The topological polar surface area (TPSA) is 73.0 Å². The van der Waals surface area contributed by atoms with Crippen molar-refractivity contribution >= 4 is 17.6 Å². The van der Waals surface area contributed by atoms with Crippen molar-refractivity contribution in [3.05, 3.63) is 0 Å². The van der Waals surface area contributed by atoms with Gasteiger partial charge in [0.05, 0.1) is 19.1 Å². The second-order valence-electron chi connectivity index (χ2n) is 8.38. The van der Waals surface area contributed by atoms with Crippen molar-refractivity contribution in [2.75, 3.05) is 45.8 Å². The van der Waals surface area contributed by atoms with Crippen molar-refractivity contribution < 1.29 is 14.4 Å². The molecule has 2 unspecified atom stereocenters. The number of hydrogen-bond acceptors (Lipinski definition) is 5. The Kier molecular flexibility index (Phi) is 8.23. The zero-order chi connectivity index (χ0) is 20.0. The number of rotatable bonds is 7. The third-order valence-corrected chi connectivity index (χ3v) is 5.74. The number of hydrogen-bond donors (Lipinski definition) is 1. The Morgan fingerprint density at radius 2 is 1.56 bits per heavy atom. The van der Waals surface area contributed by atoms with Crippen LogP contribution in [0.2, 0.25) is 0 Å². The van der Waals surface area contributed by atoms with Gasteiger partial charge < -0.3 is 10.2 Å². The van der Waals surface area contributed by atoms with E-state index < -0.39 is 6.04 Å². The molecule has 2 fully saturated rings. The molecule has 0 spiro atoms. The molecule has 0 aromatic carbocycles. The van der Waals surface area contributed by atoms with Gasteiger partial charge in [-0.15, -0.1) is 0 Å². The zero-order valence-corrected chi connectivity index (χ0v) is 17.4. The molecule has 2 saturated heterocycles. The number of likely N-dealkylation sites (tertiary alicyclic amines) is 1. The van der Waals surface area contributed by atoms with E-state index in [1.165, 1.54) is 13.3 Å². The Bertz CT molecular complexity index is 529. The molecular formula is C20H36N4O3. The molecule has 0 bridgehead atoms. The van der Waals surface area contributed by atoms with Gasteiger partial charge in [-0.1, -0.05) is 13.8 Å². The third-order valence-electron chi connectivity index (χ3n) is 5.74. The third kappa shape index (κ3) is 6.57. The highest BCUT2D eigenvalue weighted by Crippen LogP contribution is 2.17.